The molecule has 1 fully saturated rings. The van der Waals surface area contributed by atoms with Crippen LogP contribution in [0.3, 0.4) is 0 Å². The van der Waals surface area contributed by atoms with Gasteiger partial charge in [0.25, 0.3) is 0 Å². The normalized spacial score (nSPS) is 21.5. The van der Waals surface area contributed by atoms with Crippen LogP contribution in [0.2, 0.25) is 0 Å². The zero-order valence-electron chi connectivity index (χ0n) is 11.2. The molecule has 0 aliphatic carbocycles. The molecular formula is C12H25N3O2. The Bertz CT molecular complexity index is 251. The smallest absolute Gasteiger partial charge is 0.407 e. The summed E-state index contributed by atoms with van der Waals surface area (Å²) in [4.78, 5) is 13.7. The van der Waals surface area contributed by atoms with Crippen molar-refractivity contribution < 1.29 is 9.53 Å². The summed E-state index contributed by atoms with van der Waals surface area (Å²) in [7, 11) is 0. The van der Waals surface area contributed by atoms with Crippen molar-refractivity contribution in [3.05, 3.63) is 0 Å². The highest BCUT2D eigenvalue weighted by Gasteiger charge is 2.18. The first-order chi connectivity index (χ1) is 7.87. The Morgan fingerprint density at radius 1 is 1.53 bits per heavy atom. The van der Waals surface area contributed by atoms with Crippen molar-refractivity contribution in [2.24, 2.45) is 5.73 Å². The van der Waals surface area contributed by atoms with Gasteiger partial charge in [0.2, 0.25) is 0 Å². The SMILES string of the molecule is CC(C)(C)OC(=O)NCCCN1CC[C@H](N)C1. The topological polar surface area (TPSA) is 67.6 Å². The van der Waals surface area contributed by atoms with Gasteiger partial charge in [0, 0.05) is 19.1 Å². The van der Waals surface area contributed by atoms with Crippen LogP contribution in [0, 0.1) is 0 Å². The van der Waals surface area contributed by atoms with Gasteiger partial charge in [-0.15, -0.1) is 0 Å². The molecule has 1 amide bonds. The van der Waals surface area contributed by atoms with E-state index >= 15 is 0 Å². The number of alkyl carbamates (subject to hydrolysis) is 1. The zero-order valence-corrected chi connectivity index (χ0v) is 11.2. The summed E-state index contributed by atoms with van der Waals surface area (Å²) in [5.74, 6) is 0. The van der Waals surface area contributed by atoms with E-state index in [2.05, 4.69) is 10.2 Å². The molecule has 0 radical (unpaired) electrons. The number of nitrogens with one attached hydrogen (secondary N) is 1. The third-order valence-electron chi connectivity index (χ3n) is 2.63. The molecule has 17 heavy (non-hydrogen) atoms. The van der Waals surface area contributed by atoms with Gasteiger partial charge in [-0.2, -0.15) is 0 Å². The van der Waals surface area contributed by atoms with Crippen LogP contribution in [0.5, 0.6) is 0 Å². The van der Waals surface area contributed by atoms with Crippen molar-refractivity contribution in [1.29, 1.82) is 0 Å². The van der Waals surface area contributed by atoms with Crippen molar-refractivity contribution >= 4 is 6.09 Å². The van der Waals surface area contributed by atoms with Crippen molar-refractivity contribution in [3.8, 4) is 0 Å². The molecule has 3 N–H and O–H groups in total. The highest BCUT2D eigenvalue weighted by Crippen LogP contribution is 2.07. The number of amides is 1. The quantitative estimate of drug-likeness (QED) is 0.721. The van der Waals surface area contributed by atoms with Gasteiger partial charge in [-0.3, -0.25) is 0 Å². The molecule has 0 aromatic rings. The predicted octanol–water partition coefficient (Wildman–Crippen LogP) is 0.934. The molecule has 0 unspecified atom stereocenters. The van der Waals surface area contributed by atoms with Crippen molar-refractivity contribution in [3.63, 3.8) is 0 Å². The molecule has 1 heterocycles. The number of carbonyl (C=O) groups is 1. The van der Waals surface area contributed by atoms with Gasteiger partial charge in [0.15, 0.2) is 0 Å². The monoisotopic (exact) mass is 243 g/mol. The van der Waals surface area contributed by atoms with Crippen LogP contribution >= 0.6 is 0 Å². The number of rotatable bonds is 4. The molecule has 5 nitrogen and oxygen atoms in total. The van der Waals surface area contributed by atoms with Gasteiger partial charge < -0.3 is 20.7 Å². The fourth-order valence-electron chi connectivity index (χ4n) is 1.87. The summed E-state index contributed by atoms with van der Waals surface area (Å²) < 4.78 is 5.14. The van der Waals surface area contributed by atoms with Crippen LogP contribution in [-0.2, 0) is 4.74 Å². The zero-order chi connectivity index (χ0) is 12.9. The lowest BCUT2D eigenvalue weighted by atomic mass is 10.2. The minimum Gasteiger partial charge on any atom is -0.444 e. The second-order valence-electron chi connectivity index (χ2n) is 5.63. The molecule has 0 aromatic carbocycles. The summed E-state index contributed by atoms with van der Waals surface area (Å²) in [5.41, 5.74) is 5.39. The van der Waals surface area contributed by atoms with Crippen LogP contribution in [0.15, 0.2) is 0 Å². The van der Waals surface area contributed by atoms with Crippen molar-refractivity contribution in [2.45, 2.75) is 45.3 Å². The van der Waals surface area contributed by atoms with E-state index in [9.17, 15) is 4.79 Å². The lowest BCUT2D eigenvalue weighted by Gasteiger charge is -2.20. The van der Waals surface area contributed by atoms with Crippen LogP contribution in [0.4, 0.5) is 4.79 Å². The summed E-state index contributed by atoms with van der Waals surface area (Å²) in [6, 6.07) is 0.328. The molecule has 0 saturated carbocycles. The fourth-order valence-corrected chi connectivity index (χ4v) is 1.87. The van der Waals surface area contributed by atoms with E-state index in [1.807, 2.05) is 20.8 Å². The van der Waals surface area contributed by atoms with E-state index in [0.717, 1.165) is 32.5 Å². The number of hydrogen-bond donors (Lipinski definition) is 2. The lowest BCUT2D eigenvalue weighted by Crippen LogP contribution is -2.34. The number of likely N-dealkylation sites (tertiary alicyclic amines) is 1. The Labute approximate surface area is 104 Å². The van der Waals surface area contributed by atoms with Crippen LogP contribution in [0.1, 0.15) is 33.6 Å². The number of ether oxygens (including phenoxy) is 1. The van der Waals surface area contributed by atoms with E-state index in [1.54, 1.807) is 0 Å². The number of carbonyl (C=O) groups excluding carboxylic acids is 1. The lowest BCUT2D eigenvalue weighted by molar-refractivity contribution is 0.0526. The van der Waals surface area contributed by atoms with E-state index in [4.69, 9.17) is 10.5 Å². The van der Waals surface area contributed by atoms with Crippen molar-refractivity contribution in [2.75, 3.05) is 26.2 Å². The molecule has 5 heteroatoms. The first kappa shape index (κ1) is 14.3. The highest BCUT2D eigenvalue weighted by atomic mass is 16.6. The number of hydrogen-bond acceptors (Lipinski definition) is 4. The van der Waals surface area contributed by atoms with Gasteiger partial charge in [0.1, 0.15) is 5.60 Å². The molecule has 0 aromatic heterocycles. The Morgan fingerprint density at radius 2 is 2.24 bits per heavy atom. The third-order valence-corrected chi connectivity index (χ3v) is 2.63. The average molecular weight is 243 g/mol. The maximum absolute atomic E-state index is 11.3. The van der Waals surface area contributed by atoms with Crippen LogP contribution < -0.4 is 11.1 Å². The number of nitrogens with zero attached hydrogens (tertiary/aromatic N) is 1. The van der Waals surface area contributed by atoms with Gasteiger partial charge in [-0.05, 0) is 46.7 Å². The van der Waals surface area contributed by atoms with Gasteiger partial charge in [0.05, 0.1) is 0 Å². The first-order valence-corrected chi connectivity index (χ1v) is 6.31. The third kappa shape index (κ3) is 6.48. The summed E-state index contributed by atoms with van der Waals surface area (Å²) in [6.07, 6.45) is 1.68. The van der Waals surface area contributed by atoms with Crippen LogP contribution in [0.25, 0.3) is 0 Å². The molecular weight excluding hydrogens is 218 g/mol. The minimum atomic E-state index is -0.425. The fraction of sp³-hybridized carbons (Fsp3) is 0.917. The maximum Gasteiger partial charge on any atom is 0.407 e. The minimum absolute atomic E-state index is 0.328. The molecule has 0 bridgehead atoms. The second-order valence-corrected chi connectivity index (χ2v) is 5.63. The largest absolute Gasteiger partial charge is 0.444 e. The Morgan fingerprint density at radius 3 is 2.76 bits per heavy atom. The molecule has 0 spiro atoms. The highest BCUT2D eigenvalue weighted by molar-refractivity contribution is 5.67. The molecule has 1 saturated heterocycles. The molecule has 100 valence electrons. The van der Waals surface area contributed by atoms with E-state index < -0.39 is 5.60 Å². The van der Waals surface area contributed by atoms with E-state index in [1.165, 1.54) is 0 Å². The standard InChI is InChI=1S/C12H25N3O2/c1-12(2,3)17-11(16)14-6-4-7-15-8-5-10(13)9-15/h10H,4-9,13H2,1-3H3,(H,14,16)/t10-/m0/s1. The molecule has 1 aliphatic rings. The molecule has 1 rings (SSSR count). The first-order valence-electron chi connectivity index (χ1n) is 6.31. The molecule has 1 atom stereocenters. The Hall–Kier alpha value is -0.810. The van der Waals surface area contributed by atoms with Gasteiger partial charge in [-0.1, -0.05) is 0 Å². The van der Waals surface area contributed by atoms with Crippen LogP contribution in [-0.4, -0.2) is 48.8 Å². The van der Waals surface area contributed by atoms with Gasteiger partial charge in [-0.25, -0.2) is 4.79 Å². The van der Waals surface area contributed by atoms with Crippen molar-refractivity contribution in [1.82, 2.24) is 10.2 Å². The van der Waals surface area contributed by atoms with E-state index in [-0.39, 0.29) is 6.09 Å². The van der Waals surface area contributed by atoms with Gasteiger partial charge >= 0.3 is 6.09 Å². The second kappa shape index (κ2) is 6.21. The predicted molar refractivity (Wildman–Crippen MR) is 67.9 cm³/mol. The summed E-state index contributed by atoms with van der Waals surface area (Å²) in [6.45, 7) is 9.28. The Balaban J connectivity index is 2.02. The maximum atomic E-state index is 11.3. The Kier molecular flexibility index (Phi) is 5.21. The number of nitrogens with two attached hydrogens (primary N) is 1. The average Bonchev–Trinajstić information content (AvgIpc) is 2.56. The van der Waals surface area contributed by atoms with E-state index in [0.29, 0.717) is 12.6 Å². The summed E-state index contributed by atoms with van der Waals surface area (Å²) >= 11 is 0. The summed E-state index contributed by atoms with van der Waals surface area (Å²) in [5, 5.41) is 2.76. The molecule has 1 aliphatic heterocycles.